The molecule has 1 aromatic heterocycles. The second kappa shape index (κ2) is 5.61. The highest BCUT2D eigenvalue weighted by atomic mass is 14.9. The predicted octanol–water partition coefficient (Wildman–Crippen LogP) is 3.81. The monoisotopic (exact) mass is 257 g/mol. The zero-order valence-electron chi connectivity index (χ0n) is 12.3. The second-order valence-corrected chi connectivity index (χ2v) is 5.90. The highest BCUT2D eigenvalue weighted by Crippen LogP contribution is 2.32. The third kappa shape index (κ3) is 2.89. The predicted molar refractivity (Wildman–Crippen MR) is 78.0 cm³/mol. The maximum absolute atomic E-state index is 9.31. The van der Waals surface area contributed by atoms with E-state index in [2.05, 4.69) is 30.2 Å². The number of hydrogen-bond donors (Lipinski definition) is 1. The van der Waals surface area contributed by atoms with Crippen LogP contribution >= 0.6 is 0 Å². The number of aryl methyl sites for hydroxylation is 2. The molecule has 1 heterocycles. The third-order valence-electron chi connectivity index (χ3n) is 4.49. The van der Waals surface area contributed by atoms with Crippen LogP contribution in [-0.4, -0.2) is 11.0 Å². The van der Waals surface area contributed by atoms with Gasteiger partial charge in [0.15, 0.2) is 0 Å². The lowest BCUT2D eigenvalue weighted by Crippen LogP contribution is -2.35. The average molecular weight is 257 g/mol. The molecule has 3 unspecified atom stereocenters. The Morgan fingerprint density at radius 1 is 1.32 bits per heavy atom. The van der Waals surface area contributed by atoms with Crippen molar-refractivity contribution in [2.45, 2.75) is 53.0 Å². The van der Waals surface area contributed by atoms with Crippen molar-refractivity contribution in [1.29, 1.82) is 5.26 Å². The summed E-state index contributed by atoms with van der Waals surface area (Å²) in [5, 5.41) is 12.9. The zero-order chi connectivity index (χ0) is 14.0. The number of hydrogen-bond acceptors (Lipinski definition) is 3. The van der Waals surface area contributed by atoms with Gasteiger partial charge in [0, 0.05) is 11.7 Å². The van der Waals surface area contributed by atoms with Gasteiger partial charge in [-0.3, -0.25) is 4.98 Å². The number of nitrogens with zero attached hydrogens (tertiary/aromatic N) is 2. The number of nitriles is 1. The molecule has 0 spiro atoms. The van der Waals surface area contributed by atoms with Crippen molar-refractivity contribution in [1.82, 2.24) is 4.98 Å². The Morgan fingerprint density at radius 3 is 2.74 bits per heavy atom. The molecule has 0 aromatic carbocycles. The van der Waals surface area contributed by atoms with E-state index >= 15 is 0 Å². The molecule has 19 heavy (non-hydrogen) atoms. The third-order valence-corrected chi connectivity index (χ3v) is 4.49. The Hall–Kier alpha value is -1.56. The van der Waals surface area contributed by atoms with E-state index in [1.807, 2.05) is 19.9 Å². The molecule has 1 aliphatic rings. The summed E-state index contributed by atoms with van der Waals surface area (Å²) >= 11 is 0. The van der Waals surface area contributed by atoms with Gasteiger partial charge in [-0.2, -0.15) is 5.26 Å². The van der Waals surface area contributed by atoms with E-state index in [9.17, 15) is 5.26 Å². The first-order valence-corrected chi connectivity index (χ1v) is 7.17. The van der Waals surface area contributed by atoms with Crippen molar-refractivity contribution in [2.24, 2.45) is 11.8 Å². The maximum atomic E-state index is 9.31. The van der Waals surface area contributed by atoms with Gasteiger partial charge < -0.3 is 5.32 Å². The standard InChI is InChI=1S/C16H23N3/c1-10-6-5-7-15(12(10)3)19-16-8-11(2)18-13(4)14(16)9-17/h8,10,12,15H,5-7H2,1-4H3,(H,18,19). The Morgan fingerprint density at radius 2 is 2.05 bits per heavy atom. The number of anilines is 1. The van der Waals surface area contributed by atoms with Crippen LogP contribution < -0.4 is 5.32 Å². The van der Waals surface area contributed by atoms with Crippen LogP contribution in [0, 0.1) is 37.0 Å². The lowest BCUT2D eigenvalue weighted by molar-refractivity contribution is 0.253. The van der Waals surface area contributed by atoms with E-state index < -0.39 is 0 Å². The SMILES string of the molecule is Cc1cc(NC2CCCC(C)C2C)c(C#N)c(C)n1. The van der Waals surface area contributed by atoms with Crippen LogP contribution in [-0.2, 0) is 0 Å². The van der Waals surface area contributed by atoms with Gasteiger partial charge in [-0.25, -0.2) is 0 Å². The lowest BCUT2D eigenvalue weighted by Gasteiger charge is -2.35. The van der Waals surface area contributed by atoms with Crippen molar-refractivity contribution in [3.05, 3.63) is 23.0 Å². The van der Waals surface area contributed by atoms with E-state index in [1.165, 1.54) is 19.3 Å². The highest BCUT2D eigenvalue weighted by Gasteiger charge is 2.27. The maximum Gasteiger partial charge on any atom is 0.103 e. The molecule has 0 aliphatic heterocycles. The highest BCUT2D eigenvalue weighted by molar-refractivity contribution is 5.60. The lowest BCUT2D eigenvalue weighted by atomic mass is 9.78. The van der Waals surface area contributed by atoms with Gasteiger partial charge in [0.25, 0.3) is 0 Å². The summed E-state index contributed by atoms with van der Waals surface area (Å²) in [6.45, 7) is 8.52. The van der Waals surface area contributed by atoms with Crippen molar-refractivity contribution in [2.75, 3.05) is 5.32 Å². The van der Waals surface area contributed by atoms with Gasteiger partial charge in [0.2, 0.25) is 0 Å². The minimum Gasteiger partial charge on any atom is -0.381 e. The molecular formula is C16H23N3. The minimum absolute atomic E-state index is 0.469. The minimum atomic E-state index is 0.469. The molecule has 1 saturated carbocycles. The van der Waals surface area contributed by atoms with Crippen LogP contribution in [0.2, 0.25) is 0 Å². The molecule has 1 fully saturated rings. The number of aromatic nitrogens is 1. The van der Waals surface area contributed by atoms with Crippen LogP contribution in [0.4, 0.5) is 5.69 Å². The molecule has 102 valence electrons. The van der Waals surface area contributed by atoms with Crippen molar-refractivity contribution in [3.63, 3.8) is 0 Å². The van der Waals surface area contributed by atoms with Gasteiger partial charge in [0.05, 0.1) is 16.9 Å². The first-order valence-electron chi connectivity index (χ1n) is 7.17. The molecule has 1 aromatic rings. The summed E-state index contributed by atoms with van der Waals surface area (Å²) < 4.78 is 0. The van der Waals surface area contributed by atoms with Gasteiger partial charge in [0.1, 0.15) is 6.07 Å². The van der Waals surface area contributed by atoms with Crippen LogP contribution in [0.1, 0.15) is 50.1 Å². The first kappa shape index (κ1) is 13.9. The Bertz CT molecular complexity index is 501. The average Bonchev–Trinajstić information content (AvgIpc) is 2.34. The summed E-state index contributed by atoms with van der Waals surface area (Å²) in [6, 6.07) is 4.75. The van der Waals surface area contributed by atoms with Crippen LogP contribution in [0.25, 0.3) is 0 Å². The fourth-order valence-electron chi connectivity index (χ4n) is 3.07. The first-order chi connectivity index (χ1) is 9.02. The molecule has 0 bridgehead atoms. The van der Waals surface area contributed by atoms with Crippen molar-refractivity contribution < 1.29 is 0 Å². The fraction of sp³-hybridized carbons (Fsp3) is 0.625. The van der Waals surface area contributed by atoms with Gasteiger partial charge in [-0.05, 0) is 38.2 Å². The summed E-state index contributed by atoms with van der Waals surface area (Å²) in [4.78, 5) is 4.37. The molecule has 0 saturated heterocycles. The van der Waals surface area contributed by atoms with E-state index in [-0.39, 0.29) is 0 Å². The Balaban J connectivity index is 2.26. The zero-order valence-corrected chi connectivity index (χ0v) is 12.3. The Kier molecular flexibility index (Phi) is 4.09. The van der Waals surface area contributed by atoms with Gasteiger partial charge in [-0.15, -0.1) is 0 Å². The molecule has 3 heteroatoms. The normalized spacial score (nSPS) is 26.8. The summed E-state index contributed by atoms with van der Waals surface area (Å²) in [7, 11) is 0. The van der Waals surface area contributed by atoms with Crippen LogP contribution in [0.3, 0.4) is 0 Å². The molecule has 1 aliphatic carbocycles. The molecule has 0 radical (unpaired) electrons. The molecule has 3 nitrogen and oxygen atoms in total. The second-order valence-electron chi connectivity index (χ2n) is 5.90. The largest absolute Gasteiger partial charge is 0.381 e. The fourth-order valence-corrected chi connectivity index (χ4v) is 3.07. The molecule has 2 rings (SSSR count). The molecular weight excluding hydrogens is 234 g/mol. The van der Waals surface area contributed by atoms with Gasteiger partial charge in [-0.1, -0.05) is 26.7 Å². The smallest absolute Gasteiger partial charge is 0.103 e. The van der Waals surface area contributed by atoms with Crippen molar-refractivity contribution >= 4 is 5.69 Å². The number of pyridine rings is 1. The molecule has 0 amide bonds. The quantitative estimate of drug-likeness (QED) is 0.876. The van der Waals surface area contributed by atoms with E-state index in [4.69, 9.17) is 0 Å². The topological polar surface area (TPSA) is 48.7 Å². The Labute approximate surface area is 116 Å². The molecule has 1 N–H and O–H groups in total. The summed E-state index contributed by atoms with van der Waals surface area (Å²) in [5.41, 5.74) is 3.44. The number of nitrogens with one attached hydrogen (secondary N) is 1. The summed E-state index contributed by atoms with van der Waals surface area (Å²) in [5.74, 6) is 1.40. The van der Waals surface area contributed by atoms with Gasteiger partial charge >= 0.3 is 0 Å². The van der Waals surface area contributed by atoms with Crippen LogP contribution in [0.15, 0.2) is 6.07 Å². The van der Waals surface area contributed by atoms with E-state index in [0.717, 1.165) is 23.0 Å². The summed E-state index contributed by atoms with van der Waals surface area (Å²) in [6.07, 6.45) is 3.78. The molecule has 3 atom stereocenters. The van der Waals surface area contributed by atoms with E-state index in [0.29, 0.717) is 17.5 Å². The van der Waals surface area contributed by atoms with Crippen LogP contribution in [0.5, 0.6) is 0 Å². The van der Waals surface area contributed by atoms with Crippen molar-refractivity contribution in [3.8, 4) is 6.07 Å². The van der Waals surface area contributed by atoms with E-state index in [1.54, 1.807) is 0 Å². The number of rotatable bonds is 2.